The van der Waals surface area contributed by atoms with Gasteiger partial charge >= 0.3 is 5.97 Å². The van der Waals surface area contributed by atoms with Crippen LogP contribution in [0.1, 0.15) is 21.7 Å². The van der Waals surface area contributed by atoms with Crippen molar-refractivity contribution in [3.8, 4) is 0 Å². The summed E-state index contributed by atoms with van der Waals surface area (Å²) in [6.45, 7) is 4.09. The van der Waals surface area contributed by atoms with E-state index >= 15 is 0 Å². The molecular formula is C19H22N4O6S. The van der Waals surface area contributed by atoms with Crippen molar-refractivity contribution in [2.75, 3.05) is 38.2 Å². The SMILES string of the molecule is Cc1cnc(C(=O)OCC(=O)Nc2ccc(C)c(S(=O)(=O)N3CCOCC3)c2)cn1. The number of carbonyl (C=O) groups excluding carboxylic acids is 2. The Bertz CT molecular complexity index is 1030. The van der Waals surface area contributed by atoms with Crippen molar-refractivity contribution in [1.82, 2.24) is 14.3 Å². The molecule has 0 radical (unpaired) electrons. The number of amides is 1. The zero-order valence-electron chi connectivity index (χ0n) is 16.6. The number of aryl methyl sites for hydroxylation is 2. The molecule has 0 unspecified atom stereocenters. The number of carbonyl (C=O) groups is 2. The molecule has 10 nitrogen and oxygen atoms in total. The van der Waals surface area contributed by atoms with Gasteiger partial charge in [-0.05, 0) is 31.5 Å². The van der Waals surface area contributed by atoms with E-state index in [9.17, 15) is 18.0 Å². The molecule has 1 aliphatic heterocycles. The van der Waals surface area contributed by atoms with Crippen LogP contribution in [0.5, 0.6) is 0 Å². The first-order valence-electron chi connectivity index (χ1n) is 9.21. The van der Waals surface area contributed by atoms with E-state index < -0.39 is 28.5 Å². The molecule has 2 aromatic rings. The summed E-state index contributed by atoms with van der Waals surface area (Å²) in [6.07, 6.45) is 2.68. The summed E-state index contributed by atoms with van der Waals surface area (Å²) in [5, 5.41) is 2.54. The summed E-state index contributed by atoms with van der Waals surface area (Å²) >= 11 is 0. The number of esters is 1. The highest BCUT2D eigenvalue weighted by Gasteiger charge is 2.28. The third kappa shape index (κ3) is 5.17. The van der Waals surface area contributed by atoms with E-state index in [0.29, 0.717) is 24.5 Å². The summed E-state index contributed by atoms with van der Waals surface area (Å²) < 4.78 is 37.3. The average Bonchev–Trinajstić information content (AvgIpc) is 2.74. The summed E-state index contributed by atoms with van der Waals surface area (Å²) in [5.74, 6) is -1.39. The van der Waals surface area contributed by atoms with Gasteiger partial charge in [-0.2, -0.15) is 4.31 Å². The summed E-state index contributed by atoms with van der Waals surface area (Å²) in [4.78, 5) is 32.0. The highest BCUT2D eigenvalue weighted by Crippen LogP contribution is 2.24. The number of sulfonamides is 1. The lowest BCUT2D eigenvalue weighted by molar-refractivity contribution is -0.119. The van der Waals surface area contributed by atoms with E-state index in [1.807, 2.05) is 0 Å². The molecule has 30 heavy (non-hydrogen) atoms. The molecule has 0 aliphatic carbocycles. The average molecular weight is 434 g/mol. The van der Waals surface area contributed by atoms with Crippen LogP contribution in [0.3, 0.4) is 0 Å². The summed E-state index contributed by atoms with van der Waals surface area (Å²) in [5.41, 5.74) is 1.47. The van der Waals surface area contributed by atoms with E-state index in [2.05, 4.69) is 15.3 Å². The quantitative estimate of drug-likeness (QED) is 0.665. The van der Waals surface area contributed by atoms with Crippen LogP contribution in [0, 0.1) is 13.8 Å². The van der Waals surface area contributed by atoms with Gasteiger partial charge < -0.3 is 14.8 Å². The molecule has 1 saturated heterocycles. The van der Waals surface area contributed by atoms with Gasteiger partial charge in [0.25, 0.3) is 5.91 Å². The minimum atomic E-state index is -3.71. The Balaban J connectivity index is 1.65. The first-order valence-corrected chi connectivity index (χ1v) is 10.7. The van der Waals surface area contributed by atoms with Gasteiger partial charge in [0.05, 0.1) is 30.0 Å². The van der Waals surface area contributed by atoms with Crippen molar-refractivity contribution >= 4 is 27.6 Å². The van der Waals surface area contributed by atoms with Crippen molar-refractivity contribution in [3.63, 3.8) is 0 Å². The number of nitrogens with one attached hydrogen (secondary N) is 1. The zero-order valence-corrected chi connectivity index (χ0v) is 17.4. The van der Waals surface area contributed by atoms with Crippen LogP contribution in [0.2, 0.25) is 0 Å². The van der Waals surface area contributed by atoms with Crippen LogP contribution in [0.4, 0.5) is 5.69 Å². The molecule has 160 valence electrons. The molecule has 11 heteroatoms. The fraction of sp³-hybridized carbons (Fsp3) is 0.368. The van der Waals surface area contributed by atoms with E-state index in [1.165, 1.54) is 22.8 Å². The predicted octanol–water partition coefficient (Wildman–Crippen LogP) is 0.910. The topological polar surface area (TPSA) is 128 Å². The van der Waals surface area contributed by atoms with Crippen LogP contribution in [-0.2, 0) is 24.3 Å². The molecule has 3 rings (SSSR count). The number of rotatable bonds is 6. The van der Waals surface area contributed by atoms with Crippen molar-refractivity contribution in [3.05, 3.63) is 47.5 Å². The predicted molar refractivity (Wildman–Crippen MR) is 106 cm³/mol. The summed E-state index contributed by atoms with van der Waals surface area (Å²) in [7, 11) is -3.71. The zero-order chi connectivity index (χ0) is 21.7. The lowest BCUT2D eigenvalue weighted by Crippen LogP contribution is -2.40. The van der Waals surface area contributed by atoms with Crippen molar-refractivity contribution in [2.24, 2.45) is 0 Å². The van der Waals surface area contributed by atoms with Gasteiger partial charge in [-0.1, -0.05) is 6.07 Å². The van der Waals surface area contributed by atoms with E-state index in [1.54, 1.807) is 26.0 Å². The Morgan fingerprint density at radius 1 is 1.17 bits per heavy atom. The van der Waals surface area contributed by atoms with Gasteiger partial charge in [0, 0.05) is 25.0 Å². The van der Waals surface area contributed by atoms with E-state index in [4.69, 9.17) is 9.47 Å². The van der Waals surface area contributed by atoms with Gasteiger partial charge in [-0.25, -0.2) is 18.2 Å². The fourth-order valence-corrected chi connectivity index (χ4v) is 4.44. The van der Waals surface area contributed by atoms with E-state index in [0.717, 1.165) is 0 Å². The first kappa shape index (κ1) is 21.8. The molecule has 2 heterocycles. The minimum absolute atomic E-state index is 0.0115. The molecule has 1 amide bonds. The molecule has 0 bridgehead atoms. The number of aromatic nitrogens is 2. The molecule has 1 aromatic heterocycles. The number of nitrogens with zero attached hydrogens (tertiary/aromatic N) is 3. The van der Waals surface area contributed by atoms with Gasteiger partial charge in [-0.15, -0.1) is 0 Å². The molecule has 1 fully saturated rings. The second-order valence-electron chi connectivity index (χ2n) is 6.66. The third-order valence-electron chi connectivity index (χ3n) is 4.38. The number of ether oxygens (including phenoxy) is 2. The molecule has 0 atom stereocenters. The molecule has 1 aromatic carbocycles. The maximum absolute atomic E-state index is 12.9. The second-order valence-corrected chi connectivity index (χ2v) is 8.57. The number of benzene rings is 1. The minimum Gasteiger partial charge on any atom is -0.451 e. The molecule has 0 saturated carbocycles. The first-order chi connectivity index (χ1) is 14.3. The normalized spacial score (nSPS) is 14.9. The van der Waals surface area contributed by atoms with Crippen molar-refractivity contribution < 1.29 is 27.5 Å². The van der Waals surface area contributed by atoms with Gasteiger partial charge in [0.1, 0.15) is 0 Å². The van der Waals surface area contributed by atoms with Gasteiger partial charge in [-0.3, -0.25) is 9.78 Å². The van der Waals surface area contributed by atoms with Gasteiger partial charge in [0.15, 0.2) is 12.3 Å². The standard InChI is InChI=1S/C19H22N4O6S/c1-13-3-4-15(9-17(13)30(26,27)23-5-7-28-8-6-23)22-18(24)12-29-19(25)16-11-20-14(2)10-21-16/h3-4,9-11H,5-8,12H2,1-2H3,(H,22,24). The monoisotopic (exact) mass is 434 g/mol. The lowest BCUT2D eigenvalue weighted by Gasteiger charge is -2.26. The number of hydrogen-bond donors (Lipinski definition) is 1. The van der Waals surface area contributed by atoms with Crippen molar-refractivity contribution in [2.45, 2.75) is 18.7 Å². The van der Waals surface area contributed by atoms with Crippen LogP contribution in [0.15, 0.2) is 35.5 Å². The van der Waals surface area contributed by atoms with Gasteiger partial charge in [0.2, 0.25) is 10.0 Å². The largest absolute Gasteiger partial charge is 0.451 e. The molecule has 0 spiro atoms. The van der Waals surface area contributed by atoms with Crippen LogP contribution in [-0.4, -0.2) is 67.5 Å². The summed E-state index contributed by atoms with van der Waals surface area (Å²) in [6, 6.07) is 4.58. The lowest BCUT2D eigenvalue weighted by atomic mass is 10.2. The number of anilines is 1. The van der Waals surface area contributed by atoms with E-state index in [-0.39, 0.29) is 29.4 Å². The number of morpholine rings is 1. The maximum Gasteiger partial charge on any atom is 0.359 e. The Morgan fingerprint density at radius 2 is 1.90 bits per heavy atom. The van der Waals surface area contributed by atoms with Crippen LogP contribution in [0.25, 0.3) is 0 Å². The molecule has 1 N–H and O–H groups in total. The van der Waals surface area contributed by atoms with Crippen LogP contribution >= 0.6 is 0 Å². The second kappa shape index (κ2) is 9.28. The van der Waals surface area contributed by atoms with Crippen molar-refractivity contribution in [1.29, 1.82) is 0 Å². The molecular weight excluding hydrogens is 412 g/mol. The highest BCUT2D eigenvalue weighted by atomic mass is 32.2. The van der Waals surface area contributed by atoms with Crippen LogP contribution < -0.4 is 5.32 Å². The third-order valence-corrected chi connectivity index (χ3v) is 6.42. The Morgan fingerprint density at radius 3 is 2.57 bits per heavy atom. The maximum atomic E-state index is 12.9. The Hall–Kier alpha value is -2.89. The Labute approximate surface area is 174 Å². The number of hydrogen-bond acceptors (Lipinski definition) is 8. The highest BCUT2D eigenvalue weighted by molar-refractivity contribution is 7.89. The smallest absolute Gasteiger partial charge is 0.359 e. The molecule has 1 aliphatic rings. The Kier molecular flexibility index (Phi) is 6.75. The fourth-order valence-electron chi connectivity index (χ4n) is 2.78.